The molecule has 4 heteroatoms. The first-order valence-corrected chi connectivity index (χ1v) is 12.6. The number of benzene rings is 1. The van der Waals surface area contributed by atoms with Crippen molar-refractivity contribution in [2.75, 3.05) is 0 Å². The molecule has 0 fully saturated rings. The zero-order chi connectivity index (χ0) is 22.7. The van der Waals surface area contributed by atoms with Crippen LogP contribution in [0.4, 0.5) is 0 Å². The monoisotopic (exact) mass is 432 g/mol. The van der Waals surface area contributed by atoms with Crippen LogP contribution in [0.3, 0.4) is 0 Å². The highest BCUT2D eigenvalue weighted by Gasteiger charge is 2.14. The summed E-state index contributed by atoms with van der Waals surface area (Å²) in [7, 11) is 0. The van der Waals surface area contributed by atoms with E-state index in [0.717, 1.165) is 31.2 Å². The van der Waals surface area contributed by atoms with Gasteiger partial charge in [-0.1, -0.05) is 97.0 Å². The van der Waals surface area contributed by atoms with E-state index < -0.39 is 0 Å². The summed E-state index contributed by atoms with van der Waals surface area (Å²) in [5.41, 5.74) is 0.964. The highest BCUT2D eigenvalue weighted by Crippen LogP contribution is 2.29. The van der Waals surface area contributed by atoms with Crippen molar-refractivity contribution in [3.05, 3.63) is 23.8 Å². The minimum absolute atomic E-state index is 0.261. The first-order valence-electron chi connectivity index (χ1n) is 12.6. The maximum atomic E-state index is 12.3. The van der Waals surface area contributed by atoms with E-state index in [-0.39, 0.29) is 11.9 Å². The van der Waals surface area contributed by atoms with Crippen LogP contribution in [0.25, 0.3) is 0 Å². The van der Waals surface area contributed by atoms with Gasteiger partial charge in [-0.15, -0.1) is 0 Å². The molecule has 0 unspecified atom stereocenters. The molecule has 176 valence electrons. The van der Waals surface area contributed by atoms with Gasteiger partial charge in [0.1, 0.15) is 0 Å². The van der Waals surface area contributed by atoms with Gasteiger partial charge in [-0.25, -0.2) is 0 Å². The number of hydrogen-bond acceptors (Lipinski definition) is 4. The smallest absolute Gasteiger partial charge is 0.311 e. The third-order valence-corrected chi connectivity index (χ3v) is 5.52. The number of aryl methyl sites for hydroxylation is 1. The van der Waals surface area contributed by atoms with Gasteiger partial charge in [0.25, 0.3) is 0 Å². The SMILES string of the molecule is CCCCCCCCCC(=O)Oc1ccc(C)cc1OC(=O)CCCCCCCCC. The predicted octanol–water partition coefficient (Wildman–Crippen LogP) is 8.09. The van der Waals surface area contributed by atoms with Crippen LogP contribution in [0.1, 0.15) is 122 Å². The van der Waals surface area contributed by atoms with Crippen molar-refractivity contribution in [3.63, 3.8) is 0 Å². The topological polar surface area (TPSA) is 52.6 Å². The zero-order valence-electron chi connectivity index (χ0n) is 20.2. The Bertz CT molecular complexity index is 624. The maximum absolute atomic E-state index is 12.3. The van der Waals surface area contributed by atoms with E-state index in [1.165, 1.54) is 64.2 Å². The van der Waals surface area contributed by atoms with Crippen molar-refractivity contribution in [1.82, 2.24) is 0 Å². The second kappa shape index (κ2) is 17.8. The molecular weight excluding hydrogens is 388 g/mol. The van der Waals surface area contributed by atoms with Crippen LogP contribution in [-0.4, -0.2) is 11.9 Å². The van der Waals surface area contributed by atoms with Crippen LogP contribution in [0, 0.1) is 6.92 Å². The Morgan fingerprint density at radius 3 is 1.52 bits per heavy atom. The Hall–Kier alpha value is -1.84. The first-order chi connectivity index (χ1) is 15.1. The highest BCUT2D eigenvalue weighted by atomic mass is 16.6. The Kier molecular flexibility index (Phi) is 15.6. The fourth-order valence-electron chi connectivity index (χ4n) is 3.58. The van der Waals surface area contributed by atoms with E-state index in [9.17, 15) is 9.59 Å². The summed E-state index contributed by atoms with van der Waals surface area (Å²) in [6, 6.07) is 5.34. The molecule has 0 spiro atoms. The van der Waals surface area contributed by atoms with Gasteiger partial charge in [0.2, 0.25) is 0 Å². The second-order valence-electron chi connectivity index (χ2n) is 8.64. The van der Waals surface area contributed by atoms with Gasteiger partial charge in [0.05, 0.1) is 0 Å². The van der Waals surface area contributed by atoms with Gasteiger partial charge < -0.3 is 9.47 Å². The van der Waals surface area contributed by atoms with Crippen molar-refractivity contribution in [2.45, 2.75) is 124 Å². The number of carbonyl (C=O) groups is 2. The molecule has 31 heavy (non-hydrogen) atoms. The lowest BCUT2D eigenvalue weighted by atomic mass is 10.1. The summed E-state index contributed by atoms with van der Waals surface area (Å²) in [6.07, 6.45) is 17.0. The molecule has 0 aliphatic heterocycles. The van der Waals surface area contributed by atoms with Crippen molar-refractivity contribution in [1.29, 1.82) is 0 Å². The lowest BCUT2D eigenvalue weighted by molar-refractivity contribution is -0.137. The average molecular weight is 433 g/mol. The van der Waals surface area contributed by atoms with Crippen molar-refractivity contribution in [3.8, 4) is 11.5 Å². The van der Waals surface area contributed by atoms with Crippen LogP contribution in [0.15, 0.2) is 18.2 Å². The van der Waals surface area contributed by atoms with Gasteiger partial charge in [0.15, 0.2) is 11.5 Å². The van der Waals surface area contributed by atoms with E-state index in [0.29, 0.717) is 24.3 Å². The third-order valence-electron chi connectivity index (χ3n) is 5.52. The van der Waals surface area contributed by atoms with Gasteiger partial charge in [-0.3, -0.25) is 9.59 Å². The van der Waals surface area contributed by atoms with Gasteiger partial charge in [0, 0.05) is 12.8 Å². The quantitative estimate of drug-likeness (QED) is 0.134. The van der Waals surface area contributed by atoms with Gasteiger partial charge >= 0.3 is 11.9 Å². The Balaban J connectivity index is 2.36. The molecule has 1 rings (SSSR count). The Morgan fingerprint density at radius 1 is 0.613 bits per heavy atom. The molecular formula is C27H44O4. The molecule has 0 N–H and O–H groups in total. The van der Waals surface area contributed by atoms with E-state index in [2.05, 4.69) is 13.8 Å². The number of rotatable bonds is 18. The molecule has 0 aromatic heterocycles. The molecule has 0 bridgehead atoms. The van der Waals surface area contributed by atoms with E-state index in [1.807, 2.05) is 13.0 Å². The molecule has 0 aliphatic carbocycles. The molecule has 4 nitrogen and oxygen atoms in total. The Labute approximate surface area is 190 Å². The molecule has 0 heterocycles. The fraction of sp³-hybridized carbons (Fsp3) is 0.704. The summed E-state index contributed by atoms with van der Waals surface area (Å²) >= 11 is 0. The van der Waals surface area contributed by atoms with Crippen LogP contribution in [0.2, 0.25) is 0 Å². The normalized spacial score (nSPS) is 10.8. The van der Waals surface area contributed by atoms with Gasteiger partial charge in [-0.2, -0.15) is 0 Å². The minimum atomic E-state index is -0.262. The van der Waals surface area contributed by atoms with Crippen LogP contribution in [-0.2, 0) is 9.59 Å². The van der Waals surface area contributed by atoms with Gasteiger partial charge in [-0.05, 0) is 37.5 Å². The highest BCUT2D eigenvalue weighted by molar-refractivity contribution is 5.76. The summed E-state index contributed by atoms with van der Waals surface area (Å²) < 4.78 is 11.0. The van der Waals surface area contributed by atoms with Crippen molar-refractivity contribution in [2.24, 2.45) is 0 Å². The third kappa shape index (κ3) is 14.0. The molecule has 1 aromatic carbocycles. The number of unbranched alkanes of at least 4 members (excludes halogenated alkanes) is 12. The number of hydrogen-bond donors (Lipinski definition) is 0. The van der Waals surface area contributed by atoms with E-state index in [4.69, 9.17) is 9.47 Å². The lowest BCUT2D eigenvalue weighted by Gasteiger charge is -2.11. The zero-order valence-corrected chi connectivity index (χ0v) is 20.2. The fourth-order valence-corrected chi connectivity index (χ4v) is 3.58. The first kappa shape index (κ1) is 27.2. The molecule has 0 aliphatic rings. The summed E-state index contributed by atoms with van der Waals surface area (Å²) in [6.45, 7) is 6.35. The summed E-state index contributed by atoms with van der Waals surface area (Å²) in [5, 5.41) is 0. The van der Waals surface area contributed by atoms with Crippen molar-refractivity contribution >= 4 is 11.9 Å². The molecule has 0 radical (unpaired) electrons. The average Bonchev–Trinajstić information content (AvgIpc) is 2.74. The predicted molar refractivity (Wildman–Crippen MR) is 128 cm³/mol. The lowest BCUT2D eigenvalue weighted by Crippen LogP contribution is -2.12. The standard InChI is InChI=1S/C27H44O4/c1-4-6-8-10-12-14-16-18-26(28)30-24-21-20-23(3)22-25(24)31-27(29)19-17-15-13-11-9-7-5-2/h20-22H,4-19H2,1-3H3. The molecule has 0 amide bonds. The minimum Gasteiger partial charge on any atom is -0.423 e. The number of carbonyl (C=O) groups excluding carboxylic acids is 2. The van der Waals surface area contributed by atoms with Crippen LogP contribution >= 0.6 is 0 Å². The second-order valence-corrected chi connectivity index (χ2v) is 8.64. The Morgan fingerprint density at radius 2 is 1.03 bits per heavy atom. The molecule has 0 saturated carbocycles. The molecule has 1 aromatic rings. The van der Waals surface area contributed by atoms with Crippen LogP contribution in [0.5, 0.6) is 11.5 Å². The largest absolute Gasteiger partial charge is 0.423 e. The number of ether oxygens (including phenoxy) is 2. The van der Waals surface area contributed by atoms with Crippen LogP contribution < -0.4 is 9.47 Å². The molecule has 0 atom stereocenters. The summed E-state index contributed by atoms with van der Waals surface area (Å²) in [4.78, 5) is 24.5. The van der Waals surface area contributed by atoms with E-state index >= 15 is 0 Å². The maximum Gasteiger partial charge on any atom is 0.311 e. The number of esters is 2. The molecule has 0 saturated heterocycles. The van der Waals surface area contributed by atoms with Crippen molar-refractivity contribution < 1.29 is 19.1 Å². The summed E-state index contributed by atoms with van der Waals surface area (Å²) in [5.74, 6) is 0.164. The van der Waals surface area contributed by atoms with E-state index in [1.54, 1.807) is 12.1 Å².